The molecule has 2 unspecified atom stereocenters. The number of ether oxygens (including phenoxy) is 1. The van der Waals surface area contributed by atoms with Gasteiger partial charge in [-0.15, -0.1) is 0 Å². The minimum Gasteiger partial charge on any atom is -0.485 e. The average molecular weight is 408 g/mol. The van der Waals surface area contributed by atoms with Gasteiger partial charge >= 0.3 is 5.51 Å². The Bertz CT molecular complexity index is 869. The third-order valence-corrected chi connectivity index (χ3v) is 6.25. The first-order valence-corrected chi connectivity index (χ1v) is 9.67. The lowest BCUT2D eigenvalue weighted by atomic mass is 9.85. The van der Waals surface area contributed by atoms with Gasteiger partial charge in [0, 0.05) is 18.7 Å². The molecular formula is C16H19F3N2O5S. The summed E-state index contributed by atoms with van der Waals surface area (Å²) < 4.78 is 68.0. The van der Waals surface area contributed by atoms with Gasteiger partial charge in [-0.05, 0) is 32.0 Å². The number of hydrogen-bond acceptors (Lipinski definition) is 6. The van der Waals surface area contributed by atoms with E-state index in [1.54, 1.807) is 13.8 Å². The largest absolute Gasteiger partial charge is 0.501 e. The fraction of sp³-hybridized carbons (Fsp3) is 0.562. The van der Waals surface area contributed by atoms with Crippen LogP contribution in [0.3, 0.4) is 0 Å². The SMILES string of the molecule is CC1(C)Oc2ccc(S(=O)(=O)C(F)(F)F)cc2C(N2CCNCC2=O)C1O. The van der Waals surface area contributed by atoms with E-state index in [0.717, 1.165) is 18.2 Å². The average Bonchev–Trinajstić information content (AvgIpc) is 2.55. The standard InChI is InChI=1S/C16H19F3N2O5S/c1-15(2)14(23)13(21-6-5-20-8-12(21)22)10-7-9(3-4-11(10)26-15)27(24,25)16(17,18)19/h3-4,7,13-14,20,23H,5-6,8H2,1-2H3. The second-order valence-corrected chi connectivity index (χ2v) is 8.95. The molecule has 2 heterocycles. The number of aliphatic hydroxyl groups excluding tert-OH is 1. The van der Waals surface area contributed by atoms with Crippen molar-refractivity contribution in [2.75, 3.05) is 19.6 Å². The summed E-state index contributed by atoms with van der Waals surface area (Å²) in [4.78, 5) is 12.7. The molecule has 0 saturated carbocycles. The number of halogens is 3. The summed E-state index contributed by atoms with van der Waals surface area (Å²) in [6.45, 7) is 3.83. The summed E-state index contributed by atoms with van der Waals surface area (Å²) in [7, 11) is -5.58. The number of piperazine rings is 1. The molecule has 1 aromatic carbocycles. The van der Waals surface area contributed by atoms with Gasteiger partial charge in [0.25, 0.3) is 9.84 Å². The van der Waals surface area contributed by atoms with E-state index in [1.807, 2.05) is 0 Å². The maximum atomic E-state index is 12.9. The lowest BCUT2D eigenvalue weighted by molar-refractivity contribution is -0.145. The number of aliphatic hydroxyl groups is 1. The van der Waals surface area contributed by atoms with E-state index < -0.39 is 38.0 Å². The van der Waals surface area contributed by atoms with Crippen molar-refractivity contribution < 1.29 is 36.2 Å². The molecule has 7 nitrogen and oxygen atoms in total. The van der Waals surface area contributed by atoms with Crippen molar-refractivity contribution in [3.63, 3.8) is 0 Å². The van der Waals surface area contributed by atoms with Crippen LogP contribution in [0.25, 0.3) is 0 Å². The van der Waals surface area contributed by atoms with E-state index in [2.05, 4.69) is 5.32 Å². The monoisotopic (exact) mass is 408 g/mol. The van der Waals surface area contributed by atoms with Crippen LogP contribution in [0.2, 0.25) is 0 Å². The number of carbonyl (C=O) groups excluding carboxylic acids is 1. The van der Waals surface area contributed by atoms with Gasteiger partial charge in [-0.2, -0.15) is 13.2 Å². The second-order valence-electron chi connectivity index (χ2n) is 7.01. The quantitative estimate of drug-likeness (QED) is 0.758. The van der Waals surface area contributed by atoms with E-state index in [9.17, 15) is 31.5 Å². The number of alkyl halides is 3. The molecule has 0 bridgehead atoms. The number of rotatable bonds is 2. The first-order chi connectivity index (χ1) is 12.4. The van der Waals surface area contributed by atoms with Gasteiger partial charge in [-0.1, -0.05) is 0 Å². The van der Waals surface area contributed by atoms with Gasteiger partial charge in [-0.25, -0.2) is 8.42 Å². The molecule has 2 atom stereocenters. The van der Waals surface area contributed by atoms with E-state index in [4.69, 9.17) is 4.74 Å². The molecule has 1 saturated heterocycles. The minimum absolute atomic E-state index is 0.0143. The lowest BCUT2D eigenvalue weighted by Crippen LogP contribution is -2.58. The van der Waals surface area contributed by atoms with E-state index in [-0.39, 0.29) is 30.3 Å². The number of sulfone groups is 1. The molecule has 2 aliphatic heterocycles. The van der Waals surface area contributed by atoms with Gasteiger partial charge < -0.3 is 20.1 Å². The molecule has 1 aromatic rings. The fourth-order valence-corrected chi connectivity index (χ4v) is 4.10. The molecule has 3 rings (SSSR count). The number of nitrogens with one attached hydrogen (secondary N) is 1. The summed E-state index contributed by atoms with van der Waals surface area (Å²) in [5, 5.41) is 13.6. The van der Waals surface area contributed by atoms with Gasteiger partial charge in [0.2, 0.25) is 5.91 Å². The summed E-state index contributed by atoms with van der Waals surface area (Å²) in [6.07, 6.45) is -1.27. The van der Waals surface area contributed by atoms with E-state index >= 15 is 0 Å². The Labute approximate surface area is 154 Å². The third-order valence-electron chi connectivity index (χ3n) is 4.76. The highest BCUT2D eigenvalue weighted by molar-refractivity contribution is 7.92. The first kappa shape index (κ1) is 19.9. The van der Waals surface area contributed by atoms with Crippen LogP contribution in [0.1, 0.15) is 25.5 Å². The zero-order chi connectivity index (χ0) is 20.2. The molecule has 27 heavy (non-hydrogen) atoms. The molecule has 2 N–H and O–H groups in total. The molecule has 0 radical (unpaired) electrons. The van der Waals surface area contributed by atoms with Crippen molar-refractivity contribution in [2.24, 2.45) is 0 Å². The van der Waals surface area contributed by atoms with Crippen molar-refractivity contribution in [3.8, 4) is 5.75 Å². The van der Waals surface area contributed by atoms with Crippen LogP contribution in [0.15, 0.2) is 23.1 Å². The van der Waals surface area contributed by atoms with Crippen molar-refractivity contribution >= 4 is 15.7 Å². The summed E-state index contributed by atoms with van der Waals surface area (Å²) in [5.74, 6) is -0.221. The zero-order valence-corrected chi connectivity index (χ0v) is 15.4. The highest BCUT2D eigenvalue weighted by atomic mass is 32.2. The summed E-state index contributed by atoms with van der Waals surface area (Å²) >= 11 is 0. The molecule has 0 spiro atoms. The summed E-state index contributed by atoms with van der Waals surface area (Å²) in [6, 6.07) is 1.74. The Balaban J connectivity index is 2.16. The van der Waals surface area contributed by atoms with Gasteiger partial charge in [0.1, 0.15) is 17.5 Å². The van der Waals surface area contributed by atoms with Gasteiger partial charge in [0.05, 0.1) is 17.5 Å². The molecule has 1 fully saturated rings. The second kappa shape index (κ2) is 6.35. The molecule has 1 amide bonds. The van der Waals surface area contributed by atoms with Crippen molar-refractivity contribution in [1.29, 1.82) is 0 Å². The lowest BCUT2D eigenvalue weighted by Gasteiger charge is -2.47. The third kappa shape index (κ3) is 3.27. The first-order valence-electron chi connectivity index (χ1n) is 8.19. The van der Waals surface area contributed by atoms with Crippen LogP contribution in [0.4, 0.5) is 13.2 Å². The highest BCUT2D eigenvalue weighted by Gasteiger charge is 2.50. The highest BCUT2D eigenvalue weighted by Crippen LogP contribution is 2.44. The Morgan fingerprint density at radius 2 is 2.00 bits per heavy atom. The zero-order valence-electron chi connectivity index (χ0n) is 14.6. The van der Waals surface area contributed by atoms with Gasteiger partial charge in [-0.3, -0.25) is 4.79 Å². The number of nitrogens with zero attached hydrogens (tertiary/aromatic N) is 1. The van der Waals surface area contributed by atoms with Crippen molar-refractivity contribution in [2.45, 2.75) is 42.0 Å². The summed E-state index contributed by atoms with van der Waals surface area (Å²) in [5.41, 5.74) is -6.56. The topological polar surface area (TPSA) is 95.9 Å². The molecule has 0 aromatic heterocycles. The number of fused-ring (bicyclic) bond motifs is 1. The number of hydrogen-bond donors (Lipinski definition) is 2. The predicted octanol–water partition coefficient (Wildman–Crippen LogP) is 0.985. The number of amides is 1. The van der Waals surface area contributed by atoms with Gasteiger partial charge in [0.15, 0.2) is 0 Å². The Hall–Kier alpha value is -1.85. The Morgan fingerprint density at radius 3 is 2.59 bits per heavy atom. The fourth-order valence-electron chi connectivity index (χ4n) is 3.30. The van der Waals surface area contributed by atoms with Crippen LogP contribution in [0.5, 0.6) is 5.75 Å². The van der Waals surface area contributed by atoms with Crippen LogP contribution in [0, 0.1) is 0 Å². The predicted molar refractivity (Wildman–Crippen MR) is 87.7 cm³/mol. The molecule has 11 heteroatoms. The Morgan fingerprint density at radius 1 is 1.33 bits per heavy atom. The van der Waals surface area contributed by atoms with Crippen LogP contribution in [-0.4, -0.2) is 61.2 Å². The van der Waals surface area contributed by atoms with E-state index in [0.29, 0.717) is 6.54 Å². The minimum atomic E-state index is -5.58. The molecule has 150 valence electrons. The smallest absolute Gasteiger partial charge is 0.485 e. The molecule has 2 aliphatic rings. The van der Waals surface area contributed by atoms with Crippen LogP contribution < -0.4 is 10.1 Å². The Kier molecular flexibility index (Phi) is 4.68. The molecular weight excluding hydrogens is 389 g/mol. The van der Waals surface area contributed by atoms with Crippen molar-refractivity contribution in [3.05, 3.63) is 23.8 Å². The normalized spacial score (nSPS) is 25.7. The number of benzene rings is 1. The maximum absolute atomic E-state index is 12.9. The molecule has 0 aliphatic carbocycles. The maximum Gasteiger partial charge on any atom is 0.501 e. The van der Waals surface area contributed by atoms with Crippen LogP contribution in [-0.2, 0) is 14.6 Å². The van der Waals surface area contributed by atoms with Crippen LogP contribution >= 0.6 is 0 Å². The number of carbonyl (C=O) groups is 1. The van der Waals surface area contributed by atoms with E-state index in [1.165, 1.54) is 4.90 Å². The van der Waals surface area contributed by atoms with Crippen molar-refractivity contribution in [1.82, 2.24) is 10.2 Å².